The van der Waals surface area contributed by atoms with Crippen LogP contribution in [0.1, 0.15) is 30.1 Å². The Morgan fingerprint density at radius 3 is 2.43 bits per heavy atom. The number of unbranched alkanes of at least 4 members (excludes halogenated alkanes) is 1. The van der Waals surface area contributed by atoms with Gasteiger partial charge in [0.05, 0.1) is 17.8 Å². The molecular weight excluding hydrogens is 462 g/mol. The molecule has 3 aromatic carbocycles. The van der Waals surface area contributed by atoms with E-state index in [4.69, 9.17) is 4.74 Å². The maximum atomic E-state index is 13.2. The van der Waals surface area contributed by atoms with Crippen molar-refractivity contribution in [1.82, 2.24) is 5.43 Å². The number of nitrogens with zero attached hydrogens (tertiary/aromatic N) is 3. The second-order valence-corrected chi connectivity index (χ2v) is 8.51. The fourth-order valence-corrected chi connectivity index (χ4v) is 4.09. The van der Waals surface area contributed by atoms with Gasteiger partial charge in [0.1, 0.15) is 24.2 Å². The number of para-hydroxylation sites is 1. The van der Waals surface area contributed by atoms with Crippen molar-refractivity contribution in [3.05, 3.63) is 94.4 Å². The normalized spacial score (nSPS) is 11.6. The van der Waals surface area contributed by atoms with E-state index in [0.717, 1.165) is 23.6 Å². The summed E-state index contributed by atoms with van der Waals surface area (Å²) in [6.07, 6.45) is 3.89. The highest BCUT2D eigenvalue weighted by Crippen LogP contribution is 2.33. The van der Waals surface area contributed by atoms with Crippen molar-refractivity contribution in [3.8, 4) is 11.5 Å². The number of rotatable bonds is 11. The van der Waals surface area contributed by atoms with E-state index in [2.05, 4.69) is 34.1 Å². The third kappa shape index (κ3) is 7.51. The molecule has 0 aliphatic carbocycles. The molecule has 3 aromatic rings. The Bertz CT molecular complexity index is 1210. The van der Waals surface area contributed by atoms with Gasteiger partial charge >= 0.3 is 0 Å². The summed E-state index contributed by atoms with van der Waals surface area (Å²) in [5.74, 6) is 1.03. The van der Waals surface area contributed by atoms with Crippen LogP contribution in [0, 0.1) is 4.91 Å². The number of allylic oxidation sites excluding steroid dienone is 1. The van der Waals surface area contributed by atoms with Gasteiger partial charge in [-0.15, -0.1) is 9.60 Å². The van der Waals surface area contributed by atoms with E-state index < -0.39 is 0 Å². The third-order valence-corrected chi connectivity index (χ3v) is 6.01. The molecule has 2 N–H and O–H groups in total. The number of hydrogen-bond acceptors (Lipinski definition) is 6. The zero-order valence-corrected chi connectivity index (χ0v) is 20.7. The quantitative estimate of drug-likeness (QED) is 0.0983. The lowest BCUT2D eigenvalue weighted by molar-refractivity contribution is -0.510. The van der Waals surface area contributed by atoms with Crippen molar-refractivity contribution >= 4 is 29.0 Å². The number of nitrogens with one attached hydrogen (secondary N) is 2. The molecule has 0 saturated carbocycles. The topological polar surface area (TPSA) is 95.2 Å². The molecule has 35 heavy (non-hydrogen) atoms. The molecule has 0 aliphatic rings. The summed E-state index contributed by atoms with van der Waals surface area (Å²) in [4.78, 5) is 25.0. The standard InChI is InChI=1S/C26H27N5O3S/c1-4-5-11-25(31(3)30-27-2)35-24-17-14-20(29-33)18-23(24)26(32)28-19-12-15-22(16-13-19)34-21-9-7-6-8-10-21/h6-18H,4-5H2,1-3H3,(H,28,32)/p+1/b25-11-. The first-order valence-electron chi connectivity index (χ1n) is 11.1. The van der Waals surface area contributed by atoms with Gasteiger partial charge in [0.15, 0.2) is 5.03 Å². The Balaban J connectivity index is 1.82. The van der Waals surface area contributed by atoms with Crippen molar-refractivity contribution in [2.45, 2.75) is 24.7 Å². The van der Waals surface area contributed by atoms with Gasteiger partial charge in [-0.3, -0.25) is 4.79 Å². The van der Waals surface area contributed by atoms with Gasteiger partial charge in [-0.25, -0.2) is 0 Å². The number of benzene rings is 3. The minimum atomic E-state index is -0.349. The van der Waals surface area contributed by atoms with E-state index in [1.807, 2.05) is 37.4 Å². The van der Waals surface area contributed by atoms with Crippen LogP contribution >= 0.6 is 11.8 Å². The maximum Gasteiger partial charge on any atom is 0.256 e. The van der Waals surface area contributed by atoms with Gasteiger partial charge in [0, 0.05) is 10.6 Å². The van der Waals surface area contributed by atoms with Crippen LogP contribution in [0.15, 0.2) is 99.2 Å². The van der Waals surface area contributed by atoms with Gasteiger partial charge in [0.2, 0.25) is 0 Å². The minimum Gasteiger partial charge on any atom is -0.457 e. The fraction of sp³-hybridized carbons (Fsp3) is 0.192. The smallest absolute Gasteiger partial charge is 0.256 e. The average molecular weight is 491 g/mol. The predicted molar refractivity (Wildman–Crippen MR) is 139 cm³/mol. The minimum absolute atomic E-state index is 0.179. The van der Waals surface area contributed by atoms with Gasteiger partial charge in [-0.1, -0.05) is 31.5 Å². The second-order valence-electron chi connectivity index (χ2n) is 7.45. The number of anilines is 1. The molecule has 9 heteroatoms. The van der Waals surface area contributed by atoms with Gasteiger partial charge < -0.3 is 10.1 Å². The molecule has 8 nitrogen and oxygen atoms in total. The van der Waals surface area contributed by atoms with Crippen molar-refractivity contribution in [1.29, 1.82) is 0 Å². The lowest BCUT2D eigenvalue weighted by atomic mass is 10.2. The molecule has 0 fully saturated rings. The summed E-state index contributed by atoms with van der Waals surface area (Å²) < 4.78 is 7.51. The number of carbonyl (C=O) groups excluding carboxylic acids is 1. The van der Waals surface area contributed by atoms with Crippen LogP contribution in [0.25, 0.3) is 0 Å². The molecule has 0 heterocycles. The average Bonchev–Trinajstić information content (AvgIpc) is 2.88. The van der Waals surface area contributed by atoms with Gasteiger partial charge in [0.25, 0.3) is 5.91 Å². The third-order valence-electron chi connectivity index (χ3n) is 4.80. The number of amides is 1. The van der Waals surface area contributed by atoms with Crippen molar-refractivity contribution in [2.75, 3.05) is 19.4 Å². The molecule has 0 unspecified atom stereocenters. The van der Waals surface area contributed by atoms with Gasteiger partial charge in [-0.05, 0) is 84.0 Å². The number of thioether (sulfide) groups is 1. The highest BCUT2D eigenvalue weighted by atomic mass is 32.2. The van der Waals surface area contributed by atoms with E-state index in [0.29, 0.717) is 21.9 Å². The summed E-state index contributed by atoms with van der Waals surface area (Å²) >= 11 is 1.39. The number of hydrogen-bond donors (Lipinski definition) is 2. The number of carbonyl (C=O) groups is 1. The molecular formula is C26H28N5O3S+. The molecule has 3 rings (SSSR count). The van der Waals surface area contributed by atoms with Crippen LogP contribution in [-0.2, 0) is 0 Å². The van der Waals surface area contributed by atoms with E-state index in [1.165, 1.54) is 17.8 Å². The molecule has 0 bridgehead atoms. The zero-order valence-electron chi connectivity index (χ0n) is 19.9. The van der Waals surface area contributed by atoms with Crippen LogP contribution < -0.4 is 15.5 Å². The Morgan fingerprint density at radius 2 is 1.77 bits per heavy atom. The summed E-state index contributed by atoms with van der Waals surface area (Å²) in [7, 11) is 3.54. The summed E-state index contributed by atoms with van der Waals surface area (Å²) in [6, 6.07) is 21.3. The van der Waals surface area contributed by atoms with Crippen LogP contribution in [-0.4, -0.2) is 24.7 Å². The molecule has 1 amide bonds. The van der Waals surface area contributed by atoms with E-state index in [-0.39, 0.29) is 11.6 Å². The summed E-state index contributed by atoms with van der Waals surface area (Å²) in [6.45, 7) is 2.09. The summed E-state index contributed by atoms with van der Waals surface area (Å²) in [5.41, 5.74) is 3.89. The van der Waals surface area contributed by atoms with Crippen LogP contribution in [0.3, 0.4) is 0 Å². The first-order chi connectivity index (χ1) is 17.0. The molecule has 180 valence electrons. The first kappa shape index (κ1) is 25.6. The van der Waals surface area contributed by atoms with Crippen LogP contribution in [0.5, 0.6) is 11.5 Å². The lowest BCUT2D eigenvalue weighted by Gasteiger charge is -2.12. The largest absolute Gasteiger partial charge is 0.457 e. The monoisotopic (exact) mass is 490 g/mol. The molecule has 0 spiro atoms. The van der Waals surface area contributed by atoms with E-state index >= 15 is 0 Å². The lowest BCUT2D eigenvalue weighted by Crippen LogP contribution is -2.13. The Kier molecular flexibility index (Phi) is 9.56. The molecule has 0 aromatic heterocycles. The Morgan fingerprint density at radius 1 is 1.06 bits per heavy atom. The molecule has 0 saturated heterocycles. The highest BCUT2D eigenvalue weighted by molar-refractivity contribution is 8.02. The maximum absolute atomic E-state index is 13.2. The number of ether oxygens (including phenoxy) is 1. The SMILES string of the molecule is CCC/C=C(Sc1ccc(N=O)cc1C(=O)Nc1ccc(Oc2ccccc2)cc1)/[N+](C)=N\NC. The molecule has 0 atom stereocenters. The molecule has 0 radical (unpaired) electrons. The van der Waals surface area contributed by atoms with Gasteiger partial charge in [-0.2, -0.15) is 5.43 Å². The Hall–Kier alpha value is -3.98. The van der Waals surface area contributed by atoms with Crippen LogP contribution in [0.2, 0.25) is 0 Å². The first-order valence-corrected chi connectivity index (χ1v) is 12.0. The van der Waals surface area contributed by atoms with Crippen molar-refractivity contribution in [2.24, 2.45) is 10.4 Å². The predicted octanol–water partition coefficient (Wildman–Crippen LogP) is 7.09. The summed E-state index contributed by atoms with van der Waals surface area (Å²) in [5, 5.41) is 10.9. The van der Waals surface area contributed by atoms with Crippen molar-refractivity contribution < 1.29 is 14.2 Å². The Labute approximate surface area is 209 Å². The zero-order chi connectivity index (χ0) is 25.0. The fourth-order valence-electron chi connectivity index (χ4n) is 3.09. The van der Waals surface area contributed by atoms with Crippen LogP contribution in [0.4, 0.5) is 11.4 Å². The van der Waals surface area contributed by atoms with Crippen molar-refractivity contribution in [3.63, 3.8) is 0 Å². The molecule has 0 aliphatic heterocycles. The number of nitroso groups, excluding NO2 is 1. The van der Waals surface area contributed by atoms with E-state index in [9.17, 15) is 9.70 Å². The van der Waals surface area contributed by atoms with E-state index in [1.54, 1.807) is 48.1 Å². The second kappa shape index (κ2) is 13.0. The highest BCUT2D eigenvalue weighted by Gasteiger charge is 2.18.